The van der Waals surface area contributed by atoms with Crippen molar-refractivity contribution < 1.29 is 23.9 Å². The molecule has 8 heteroatoms. The van der Waals surface area contributed by atoms with Gasteiger partial charge in [0.2, 0.25) is 17.6 Å². The maximum Gasteiger partial charge on any atom is 0.308 e. The standard InChI is InChI=1S/C23H37N3O5/c1-16(27)26(19-10-6-3-7-11-19)25-23(30)21(28)20(17-12-14-31-15-13-17)24-22(29)18-8-4-2-5-9-18/h17-20H,2-15H2,1H3,(H,24,29)(H,25,30). The Morgan fingerprint density at radius 1 is 0.839 bits per heavy atom. The summed E-state index contributed by atoms with van der Waals surface area (Å²) in [5.41, 5.74) is 2.57. The van der Waals surface area contributed by atoms with E-state index >= 15 is 0 Å². The van der Waals surface area contributed by atoms with Gasteiger partial charge >= 0.3 is 5.91 Å². The van der Waals surface area contributed by atoms with Gasteiger partial charge in [-0.25, -0.2) is 0 Å². The van der Waals surface area contributed by atoms with Crippen LogP contribution in [0.1, 0.15) is 84.0 Å². The topological polar surface area (TPSA) is 105 Å². The number of ether oxygens (including phenoxy) is 1. The molecule has 3 fully saturated rings. The second-order valence-electron chi connectivity index (χ2n) is 9.26. The molecule has 0 spiro atoms. The molecule has 1 unspecified atom stereocenters. The van der Waals surface area contributed by atoms with Crippen LogP contribution in [0.25, 0.3) is 0 Å². The Labute approximate surface area is 184 Å². The van der Waals surface area contributed by atoms with E-state index in [0.717, 1.165) is 64.2 Å². The zero-order chi connectivity index (χ0) is 22.2. The Morgan fingerprint density at radius 2 is 1.42 bits per heavy atom. The van der Waals surface area contributed by atoms with E-state index in [2.05, 4.69) is 10.7 Å². The quantitative estimate of drug-likeness (QED) is 0.492. The number of rotatable bonds is 6. The minimum atomic E-state index is -0.876. The van der Waals surface area contributed by atoms with Crippen molar-refractivity contribution in [3.05, 3.63) is 0 Å². The van der Waals surface area contributed by atoms with Gasteiger partial charge in [0.1, 0.15) is 6.04 Å². The van der Waals surface area contributed by atoms with Crippen molar-refractivity contribution in [1.29, 1.82) is 0 Å². The molecular formula is C23H37N3O5. The predicted molar refractivity (Wildman–Crippen MR) is 115 cm³/mol. The lowest BCUT2D eigenvalue weighted by molar-refractivity contribution is -0.150. The average Bonchev–Trinajstić information content (AvgIpc) is 2.81. The number of carbonyl (C=O) groups is 4. The first-order valence-electron chi connectivity index (χ1n) is 12.0. The fourth-order valence-electron chi connectivity index (χ4n) is 5.15. The molecule has 2 aliphatic carbocycles. The molecular weight excluding hydrogens is 398 g/mol. The van der Waals surface area contributed by atoms with Crippen molar-refractivity contribution >= 4 is 23.5 Å². The molecule has 0 aromatic rings. The van der Waals surface area contributed by atoms with E-state index in [1.165, 1.54) is 11.9 Å². The van der Waals surface area contributed by atoms with E-state index < -0.39 is 17.7 Å². The van der Waals surface area contributed by atoms with Gasteiger partial charge in [-0.15, -0.1) is 0 Å². The third kappa shape index (κ3) is 6.51. The number of nitrogens with zero attached hydrogens (tertiary/aromatic N) is 1. The summed E-state index contributed by atoms with van der Waals surface area (Å²) in [7, 11) is 0. The lowest BCUT2D eigenvalue weighted by Crippen LogP contribution is -2.58. The molecule has 1 atom stereocenters. The number of hydrazine groups is 1. The second-order valence-corrected chi connectivity index (χ2v) is 9.26. The second kappa shape index (κ2) is 11.6. The lowest BCUT2D eigenvalue weighted by atomic mass is 9.85. The van der Waals surface area contributed by atoms with Crippen LogP contribution >= 0.6 is 0 Å². The largest absolute Gasteiger partial charge is 0.381 e. The number of Topliss-reactive ketones (excluding diaryl/α,β-unsaturated/α-hetero) is 1. The van der Waals surface area contributed by atoms with Gasteiger partial charge in [-0.2, -0.15) is 0 Å². The summed E-state index contributed by atoms with van der Waals surface area (Å²) >= 11 is 0. The number of carbonyl (C=O) groups excluding carboxylic acids is 4. The summed E-state index contributed by atoms with van der Waals surface area (Å²) in [5, 5.41) is 4.23. The third-order valence-electron chi connectivity index (χ3n) is 7.02. The fourth-order valence-corrected chi connectivity index (χ4v) is 5.15. The van der Waals surface area contributed by atoms with Crippen LogP contribution in [0.3, 0.4) is 0 Å². The molecule has 8 nitrogen and oxygen atoms in total. The van der Waals surface area contributed by atoms with Gasteiger partial charge in [-0.3, -0.25) is 29.6 Å². The number of nitrogens with one attached hydrogen (secondary N) is 2. The van der Waals surface area contributed by atoms with Crippen LogP contribution in [0.2, 0.25) is 0 Å². The molecule has 2 saturated carbocycles. The maximum atomic E-state index is 13.2. The van der Waals surface area contributed by atoms with Crippen LogP contribution < -0.4 is 10.7 Å². The maximum absolute atomic E-state index is 13.2. The lowest BCUT2D eigenvalue weighted by Gasteiger charge is -2.35. The van der Waals surface area contributed by atoms with E-state index in [1.54, 1.807) is 0 Å². The highest BCUT2D eigenvalue weighted by atomic mass is 16.5. The highest BCUT2D eigenvalue weighted by Crippen LogP contribution is 2.26. The van der Waals surface area contributed by atoms with Gasteiger partial charge in [-0.1, -0.05) is 38.5 Å². The summed E-state index contributed by atoms with van der Waals surface area (Å²) in [4.78, 5) is 51.1. The molecule has 0 radical (unpaired) electrons. The van der Waals surface area contributed by atoms with Crippen LogP contribution in [0.4, 0.5) is 0 Å². The van der Waals surface area contributed by atoms with Gasteiger partial charge in [0.25, 0.3) is 0 Å². The van der Waals surface area contributed by atoms with Crippen molar-refractivity contribution in [2.75, 3.05) is 13.2 Å². The first-order valence-corrected chi connectivity index (χ1v) is 12.0. The number of amides is 3. The number of hydrogen-bond acceptors (Lipinski definition) is 5. The van der Waals surface area contributed by atoms with Crippen LogP contribution in [0, 0.1) is 11.8 Å². The van der Waals surface area contributed by atoms with Gasteiger partial charge < -0.3 is 10.1 Å². The van der Waals surface area contributed by atoms with E-state index in [-0.39, 0.29) is 29.7 Å². The monoisotopic (exact) mass is 435 g/mol. The normalized spacial score (nSPS) is 22.4. The van der Waals surface area contributed by atoms with Crippen LogP contribution in [-0.4, -0.2) is 53.8 Å². The molecule has 31 heavy (non-hydrogen) atoms. The fraction of sp³-hybridized carbons (Fsp3) is 0.826. The summed E-state index contributed by atoms with van der Waals surface area (Å²) in [6.45, 7) is 2.42. The molecule has 0 aromatic heterocycles. The van der Waals surface area contributed by atoms with Crippen molar-refractivity contribution in [3.63, 3.8) is 0 Å². The van der Waals surface area contributed by atoms with Gasteiger partial charge in [-0.05, 0) is 44.4 Å². The van der Waals surface area contributed by atoms with Crippen molar-refractivity contribution in [2.24, 2.45) is 11.8 Å². The Bertz CT molecular complexity index is 650. The molecule has 0 bridgehead atoms. The average molecular weight is 436 g/mol. The van der Waals surface area contributed by atoms with E-state index in [4.69, 9.17) is 4.74 Å². The molecule has 1 aliphatic heterocycles. The van der Waals surface area contributed by atoms with Crippen LogP contribution in [0.15, 0.2) is 0 Å². The minimum absolute atomic E-state index is 0.0821. The Kier molecular flexibility index (Phi) is 8.87. The summed E-state index contributed by atoms with van der Waals surface area (Å²) in [5.74, 6) is -2.13. The number of hydrogen-bond donors (Lipinski definition) is 2. The Hall–Kier alpha value is -1.96. The minimum Gasteiger partial charge on any atom is -0.381 e. The first-order chi connectivity index (χ1) is 15.0. The highest BCUT2D eigenvalue weighted by Gasteiger charge is 2.37. The van der Waals surface area contributed by atoms with Crippen molar-refractivity contribution in [1.82, 2.24) is 15.8 Å². The van der Waals surface area contributed by atoms with E-state index in [9.17, 15) is 19.2 Å². The van der Waals surface area contributed by atoms with Crippen LogP contribution in [-0.2, 0) is 23.9 Å². The SMILES string of the molecule is CC(=O)N(NC(=O)C(=O)C(NC(=O)C1CCCCC1)C1CCOCC1)C1CCCCC1. The molecule has 0 aromatic carbocycles. The van der Waals surface area contributed by atoms with Gasteiger partial charge in [0.15, 0.2) is 0 Å². The Balaban J connectivity index is 1.68. The van der Waals surface area contributed by atoms with Crippen molar-refractivity contribution in [2.45, 2.75) is 96.1 Å². The molecule has 174 valence electrons. The smallest absolute Gasteiger partial charge is 0.308 e. The third-order valence-corrected chi connectivity index (χ3v) is 7.02. The van der Waals surface area contributed by atoms with Gasteiger partial charge in [0, 0.05) is 26.1 Å². The Morgan fingerprint density at radius 3 is 2.00 bits per heavy atom. The molecule has 1 saturated heterocycles. The zero-order valence-corrected chi connectivity index (χ0v) is 18.7. The molecule has 2 N–H and O–H groups in total. The highest BCUT2D eigenvalue weighted by molar-refractivity contribution is 6.38. The molecule has 1 heterocycles. The van der Waals surface area contributed by atoms with E-state index in [1.807, 2.05) is 0 Å². The van der Waals surface area contributed by atoms with E-state index in [0.29, 0.717) is 26.1 Å². The molecule has 3 aliphatic rings. The summed E-state index contributed by atoms with van der Waals surface area (Å²) in [6.07, 6.45) is 10.8. The summed E-state index contributed by atoms with van der Waals surface area (Å²) < 4.78 is 5.41. The first kappa shape index (κ1) is 23.7. The zero-order valence-electron chi connectivity index (χ0n) is 18.7. The molecule has 3 rings (SSSR count). The predicted octanol–water partition coefficient (Wildman–Crippen LogP) is 2.26. The van der Waals surface area contributed by atoms with Crippen LogP contribution in [0.5, 0.6) is 0 Å². The number of ketones is 1. The molecule has 3 amide bonds. The van der Waals surface area contributed by atoms with Crippen molar-refractivity contribution in [3.8, 4) is 0 Å². The van der Waals surface area contributed by atoms with Gasteiger partial charge in [0.05, 0.1) is 6.04 Å². The summed E-state index contributed by atoms with van der Waals surface area (Å²) in [6, 6.07) is -0.958.